The fourth-order valence-electron chi connectivity index (χ4n) is 3.40. The van der Waals surface area contributed by atoms with Gasteiger partial charge >= 0.3 is 5.97 Å². The molecule has 0 bridgehead atoms. The van der Waals surface area contributed by atoms with Gasteiger partial charge < -0.3 is 25.0 Å². The van der Waals surface area contributed by atoms with Crippen molar-refractivity contribution in [2.24, 2.45) is 0 Å². The lowest BCUT2D eigenvalue weighted by Gasteiger charge is -2.19. The van der Waals surface area contributed by atoms with E-state index in [0.717, 1.165) is 11.3 Å². The van der Waals surface area contributed by atoms with Crippen LogP contribution in [0, 0.1) is 6.92 Å². The first kappa shape index (κ1) is 27.3. The van der Waals surface area contributed by atoms with Crippen molar-refractivity contribution in [3.05, 3.63) is 83.4 Å². The van der Waals surface area contributed by atoms with E-state index in [0.29, 0.717) is 28.3 Å². The summed E-state index contributed by atoms with van der Waals surface area (Å²) in [6.07, 6.45) is 0. The van der Waals surface area contributed by atoms with Crippen LogP contribution in [0.25, 0.3) is 0 Å². The molecule has 0 unspecified atom stereocenters. The van der Waals surface area contributed by atoms with Gasteiger partial charge in [0.2, 0.25) is 0 Å². The highest BCUT2D eigenvalue weighted by atomic mass is 16.6. The van der Waals surface area contributed by atoms with Crippen LogP contribution in [0.4, 0.5) is 17.1 Å². The Balaban J connectivity index is 1.67. The number of nitrogens with one attached hydrogen (secondary N) is 2. The van der Waals surface area contributed by atoms with Crippen molar-refractivity contribution in [3.8, 4) is 5.75 Å². The van der Waals surface area contributed by atoms with Gasteiger partial charge in [0, 0.05) is 42.3 Å². The molecule has 3 aromatic rings. The van der Waals surface area contributed by atoms with Gasteiger partial charge in [-0.1, -0.05) is 18.2 Å². The maximum absolute atomic E-state index is 13.0. The zero-order valence-electron chi connectivity index (χ0n) is 22.0. The molecular formula is C29H33N3O5. The van der Waals surface area contributed by atoms with E-state index in [1.165, 1.54) is 0 Å². The Bertz CT molecular complexity index is 1290. The number of carbonyl (C=O) groups is 3. The highest BCUT2D eigenvalue weighted by Crippen LogP contribution is 2.23. The second kappa shape index (κ2) is 11.6. The number of hydrogen-bond acceptors (Lipinski definition) is 6. The van der Waals surface area contributed by atoms with Crippen molar-refractivity contribution in [2.75, 3.05) is 36.2 Å². The van der Waals surface area contributed by atoms with Crippen LogP contribution < -0.4 is 20.3 Å². The Morgan fingerprint density at radius 1 is 0.838 bits per heavy atom. The number of hydrogen-bond donors (Lipinski definition) is 2. The second-order valence-electron chi connectivity index (χ2n) is 9.79. The summed E-state index contributed by atoms with van der Waals surface area (Å²) in [5, 5.41) is 5.77. The molecule has 0 aliphatic rings. The van der Waals surface area contributed by atoms with Crippen molar-refractivity contribution in [2.45, 2.75) is 33.3 Å². The van der Waals surface area contributed by atoms with Crippen LogP contribution in [0.2, 0.25) is 0 Å². The van der Waals surface area contributed by atoms with Crippen LogP contribution in [-0.4, -0.2) is 44.1 Å². The van der Waals surface area contributed by atoms with Gasteiger partial charge in [-0.15, -0.1) is 0 Å². The van der Waals surface area contributed by atoms with Crippen LogP contribution in [-0.2, 0) is 9.53 Å². The molecule has 0 fully saturated rings. The summed E-state index contributed by atoms with van der Waals surface area (Å²) >= 11 is 0. The number of amides is 2. The molecular weight excluding hydrogens is 470 g/mol. The average molecular weight is 504 g/mol. The highest BCUT2D eigenvalue weighted by molar-refractivity contribution is 6.07. The lowest BCUT2D eigenvalue weighted by molar-refractivity contribution is -0.157. The summed E-state index contributed by atoms with van der Waals surface area (Å²) in [5.74, 6) is -0.728. The molecule has 0 saturated heterocycles. The first-order valence-electron chi connectivity index (χ1n) is 11.9. The molecule has 3 rings (SSSR count). The summed E-state index contributed by atoms with van der Waals surface area (Å²) in [4.78, 5) is 39.6. The van der Waals surface area contributed by atoms with Gasteiger partial charge in [0.05, 0.1) is 0 Å². The minimum atomic E-state index is -0.607. The van der Waals surface area contributed by atoms with Gasteiger partial charge in [-0.05, 0) is 81.8 Å². The van der Waals surface area contributed by atoms with E-state index < -0.39 is 11.6 Å². The molecule has 0 spiro atoms. The molecule has 2 amide bonds. The second-order valence-corrected chi connectivity index (χ2v) is 9.79. The molecule has 8 heteroatoms. The molecule has 194 valence electrons. The van der Waals surface area contributed by atoms with E-state index in [1.54, 1.807) is 63.2 Å². The molecule has 0 aliphatic carbocycles. The average Bonchev–Trinajstić information content (AvgIpc) is 2.84. The SMILES string of the molecule is Cc1ccc(NC(=O)c2cccc(N(C)C)c2)cc1NC(=O)c1cccc(OCC(=O)OC(C)(C)C)c1. The Morgan fingerprint density at radius 3 is 2.16 bits per heavy atom. The summed E-state index contributed by atoms with van der Waals surface area (Å²) in [6.45, 7) is 6.94. The normalized spacial score (nSPS) is 10.9. The van der Waals surface area contributed by atoms with Crippen LogP contribution in [0.15, 0.2) is 66.7 Å². The minimum Gasteiger partial charge on any atom is -0.482 e. The van der Waals surface area contributed by atoms with Crippen molar-refractivity contribution in [1.29, 1.82) is 0 Å². The Labute approximate surface area is 217 Å². The molecule has 37 heavy (non-hydrogen) atoms. The smallest absolute Gasteiger partial charge is 0.344 e. The lowest BCUT2D eigenvalue weighted by atomic mass is 10.1. The molecule has 0 saturated carbocycles. The van der Waals surface area contributed by atoms with Gasteiger partial charge in [-0.3, -0.25) is 9.59 Å². The summed E-state index contributed by atoms with van der Waals surface area (Å²) in [5.41, 5.74) is 3.14. The van der Waals surface area contributed by atoms with E-state index in [4.69, 9.17) is 9.47 Å². The molecule has 8 nitrogen and oxygen atoms in total. The molecule has 0 atom stereocenters. The lowest BCUT2D eigenvalue weighted by Crippen LogP contribution is -2.27. The summed E-state index contributed by atoms with van der Waals surface area (Å²) in [6, 6.07) is 19.2. The van der Waals surface area contributed by atoms with Gasteiger partial charge in [-0.2, -0.15) is 0 Å². The monoisotopic (exact) mass is 503 g/mol. The quantitative estimate of drug-likeness (QED) is 0.406. The van der Waals surface area contributed by atoms with Gasteiger partial charge in [0.15, 0.2) is 6.61 Å². The van der Waals surface area contributed by atoms with Crippen LogP contribution in [0.1, 0.15) is 47.1 Å². The Kier molecular flexibility index (Phi) is 8.55. The molecule has 0 aliphatic heterocycles. The zero-order valence-corrected chi connectivity index (χ0v) is 22.0. The third-order valence-electron chi connectivity index (χ3n) is 5.24. The predicted octanol–water partition coefficient (Wildman–Crippen LogP) is 5.29. The Hall–Kier alpha value is -4.33. The van der Waals surface area contributed by atoms with Crippen molar-refractivity contribution < 1.29 is 23.9 Å². The van der Waals surface area contributed by atoms with Crippen LogP contribution in [0.3, 0.4) is 0 Å². The maximum Gasteiger partial charge on any atom is 0.344 e. The van der Waals surface area contributed by atoms with E-state index in [1.807, 2.05) is 50.2 Å². The van der Waals surface area contributed by atoms with E-state index in [-0.39, 0.29) is 18.4 Å². The summed E-state index contributed by atoms with van der Waals surface area (Å²) in [7, 11) is 3.82. The van der Waals surface area contributed by atoms with Gasteiger partial charge in [-0.25, -0.2) is 4.79 Å². The number of rotatable bonds is 8. The predicted molar refractivity (Wildman–Crippen MR) is 146 cm³/mol. The van der Waals surface area contributed by atoms with Crippen LogP contribution >= 0.6 is 0 Å². The fourth-order valence-corrected chi connectivity index (χ4v) is 3.40. The third kappa shape index (κ3) is 8.10. The molecule has 0 aromatic heterocycles. The van der Waals surface area contributed by atoms with Gasteiger partial charge in [0.1, 0.15) is 11.4 Å². The molecule has 0 heterocycles. The molecule has 2 N–H and O–H groups in total. The van der Waals surface area contributed by atoms with Crippen molar-refractivity contribution in [3.63, 3.8) is 0 Å². The maximum atomic E-state index is 13.0. The number of nitrogens with zero attached hydrogens (tertiary/aromatic N) is 1. The number of aryl methyl sites for hydroxylation is 1. The number of benzene rings is 3. The minimum absolute atomic E-state index is 0.250. The first-order chi connectivity index (χ1) is 17.4. The molecule has 3 aromatic carbocycles. The summed E-state index contributed by atoms with van der Waals surface area (Å²) < 4.78 is 10.7. The first-order valence-corrected chi connectivity index (χ1v) is 11.9. The number of ether oxygens (including phenoxy) is 2. The zero-order chi connectivity index (χ0) is 27.2. The molecule has 0 radical (unpaired) electrons. The number of anilines is 3. The van der Waals surface area contributed by atoms with Crippen molar-refractivity contribution >= 4 is 34.8 Å². The van der Waals surface area contributed by atoms with Crippen molar-refractivity contribution in [1.82, 2.24) is 0 Å². The Morgan fingerprint density at radius 2 is 1.49 bits per heavy atom. The van der Waals surface area contributed by atoms with E-state index in [9.17, 15) is 14.4 Å². The fraction of sp³-hybridized carbons (Fsp3) is 0.276. The number of carbonyl (C=O) groups excluding carboxylic acids is 3. The van der Waals surface area contributed by atoms with Gasteiger partial charge in [0.25, 0.3) is 11.8 Å². The van der Waals surface area contributed by atoms with Crippen LogP contribution in [0.5, 0.6) is 5.75 Å². The largest absolute Gasteiger partial charge is 0.482 e. The highest BCUT2D eigenvalue weighted by Gasteiger charge is 2.17. The third-order valence-corrected chi connectivity index (χ3v) is 5.24. The van der Waals surface area contributed by atoms with E-state index >= 15 is 0 Å². The standard InChI is InChI=1S/C29H33N3O5/c1-19-13-14-22(30-27(34)20-9-7-11-23(15-20)32(5)6)17-25(19)31-28(35)21-10-8-12-24(16-21)36-18-26(33)37-29(2,3)4/h7-17H,18H2,1-6H3,(H,30,34)(H,31,35). The topological polar surface area (TPSA) is 97.0 Å². The van der Waals surface area contributed by atoms with E-state index in [2.05, 4.69) is 10.6 Å². The number of esters is 1.